The van der Waals surface area contributed by atoms with Gasteiger partial charge in [-0.3, -0.25) is 9.89 Å². The summed E-state index contributed by atoms with van der Waals surface area (Å²) in [5.74, 6) is 0.299. The van der Waals surface area contributed by atoms with Crippen molar-refractivity contribution in [1.29, 1.82) is 5.26 Å². The van der Waals surface area contributed by atoms with Gasteiger partial charge in [-0.05, 0) is 43.4 Å². The average molecular weight is 409 g/mol. The average Bonchev–Trinajstić information content (AvgIpc) is 3.01. The number of aromatic nitrogens is 3. The third-order valence-corrected chi connectivity index (χ3v) is 6.01. The van der Waals surface area contributed by atoms with Crippen molar-refractivity contribution >= 4 is 28.1 Å². The van der Waals surface area contributed by atoms with Crippen LogP contribution < -0.4 is 5.32 Å². The van der Waals surface area contributed by atoms with E-state index in [1.165, 1.54) is 31.3 Å². The largest absolute Gasteiger partial charge is 0.355 e. The molecular formula is C16H20N6O3S2. The first-order valence-corrected chi connectivity index (χ1v) is 10.0. The van der Waals surface area contributed by atoms with E-state index in [0.29, 0.717) is 29.8 Å². The van der Waals surface area contributed by atoms with Gasteiger partial charge < -0.3 is 9.88 Å². The summed E-state index contributed by atoms with van der Waals surface area (Å²) < 4.78 is 28.3. The molecule has 0 radical (unpaired) electrons. The molecule has 1 heterocycles. The van der Waals surface area contributed by atoms with Crippen molar-refractivity contribution in [1.82, 2.24) is 24.4 Å². The topological polar surface area (TPSA) is 124 Å². The second-order valence-corrected chi connectivity index (χ2v) is 8.12. The molecule has 144 valence electrons. The van der Waals surface area contributed by atoms with Gasteiger partial charge in [0.05, 0.1) is 23.1 Å². The molecule has 9 nitrogen and oxygen atoms in total. The van der Waals surface area contributed by atoms with Gasteiger partial charge in [-0.15, -0.1) is 0 Å². The van der Waals surface area contributed by atoms with Crippen molar-refractivity contribution in [3.05, 3.63) is 40.4 Å². The van der Waals surface area contributed by atoms with Gasteiger partial charge in [0.25, 0.3) is 0 Å². The molecule has 1 aromatic heterocycles. The number of hydrogen-bond acceptors (Lipinski definition) is 6. The van der Waals surface area contributed by atoms with E-state index in [4.69, 9.17) is 17.5 Å². The number of nitriles is 1. The van der Waals surface area contributed by atoms with Crippen molar-refractivity contribution in [2.75, 3.05) is 20.1 Å². The van der Waals surface area contributed by atoms with E-state index in [0.717, 1.165) is 10.1 Å². The van der Waals surface area contributed by atoms with Crippen LogP contribution in [-0.4, -0.2) is 53.5 Å². The number of aromatic amines is 1. The summed E-state index contributed by atoms with van der Waals surface area (Å²) in [4.78, 5) is 12.1. The minimum Gasteiger partial charge on any atom is -0.355 e. The van der Waals surface area contributed by atoms with E-state index in [1.807, 2.05) is 17.6 Å². The van der Waals surface area contributed by atoms with Gasteiger partial charge in [0, 0.05) is 26.6 Å². The molecule has 0 atom stereocenters. The Morgan fingerprint density at radius 1 is 1.41 bits per heavy atom. The number of H-pyrrole nitrogens is 1. The highest BCUT2D eigenvalue weighted by Crippen LogP contribution is 2.14. The Kier molecular flexibility index (Phi) is 6.84. The monoisotopic (exact) mass is 408 g/mol. The van der Waals surface area contributed by atoms with Crippen LogP contribution in [0.2, 0.25) is 0 Å². The smallest absolute Gasteiger partial charge is 0.243 e. The molecule has 0 saturated carbocycles. The predicted molar refractivity (Wildman–Crippen MR) is 101 cm³/mol. The maximum absolute atomic E-state index is 12.5. The maximum Gasteiger partial charge on any atom is 0.243 e. The Balaban J connectivity index is 1.92. The van der Waals surface area contributed by atoms with Gasteiger partial charge in [-0.2, -0.15) is 14.7 Å². The molecule has 0 aliphatic heterocycles. The van der Waals surface area contributed by atoms with E-state index in [2.05, 4.69) is 15.5 Å². The first-order valence-electron chi connectivity index (χ1n) is 8.17. The Morgan fingerprint density at radius 2 is 2.07 bits per heavy atom. The number of rotatable bonds is 8. The summed E-state index contributed by atoms with van der Waals surface area (Å²) in [5.41, 5.74) is 0.360. The quantitative estimate of drug-likeness (QED) is 0.623. The zero-order valence-corrected chi connectivity index (χ0v) is 16.6. The normalized spacial score (nSPS) is 11.3. The molecule has 0 fully saturated rings. The summed E-state index contributed by atoms with van der Waals surface area (Å²) in [6, 6.07) is 7.45. The van der Waals surface area contributed by atoms with Crippen LogP contribution >= 0.6 is 12.2 Å². The van der Waals surface area contributed by atoms with Crippen molar-refractivity contribution < 1.29 is 13.2 Å². The number of nitrogens with zero attached hydrogens (tertiary/aromatic N) is 4. The molecular weight excluding hydrogens is 388 g/mol. The number of nitrogens with one attached hydrogen (secondary N) is 2. The molecule has 0 bridgehead atoms. The lowest BCUT2D eigenvalue weighted by molar-refractivity contribution is -0.121. The molecule has 0 spiro atoms. The van der Waals surface area contributed by atoms with Gasteiger partial charge >= 0.3 is 0 Å². The van der Waals surface area contributed by atoms with Crippen LogP contribution in [0, 0.1) is 16.1 Å². The molecule has 1 aromatic carbocycles. The van der Waals surface area contributed by atoms with Crippen LogP contribution in [0.25, 0.3) is 0 Å². The Labute approximate surface area is 162 Å². The third kappa shape index (κ3) is 5.00. The highest BCUT2D eigenvalue weighted by atomic mass is 32.2. The molecule has 2 aromatic rings. The van der Waals surface area contributed by atoms with Crippen LogP contribution in [0.4, 0.5) is 0 Å². The van der Waals surface area contributed by atoms with Crippen LogP contribution in [0.3, 0.4) is 0 Å². The number of amides is 1. The highest BCUT2D eigenvalue weighted by Gasteiger charge is 2.22. The zero-order valence-electron chi connectivity index (χ0n) is 15.0. The third-order valence-electron chi connectivity index (χ3n) is 3.88. The van der Waals surface area contributed by atoms with Crippen molar-refractivity contribution in [2.45, 2.75) is 24.8 Å². The van der Waals surface area contributed by atoms with Crippen LogP contribution in [0.1, 0.15) is 18.3 Å². The Bertz CT molecular complexity index is 1000. The number of benzene rings is 1. The number of hydrogen-bond donors (Lipinski definition) is 2. The SMILES string of the molecule is CCn1c(CCNC(=O)CN(C)S(=O)(=O)c2ccc(C#N)cc2)n[nH]c1=S. The minimum atomic E-state index is -3.82. The molecule has 0 aliphatic rings. The number of carbonyl (C=O) groups is 1. The standard InChI is InChI=1S/C16H20N6O3S2/c1-3-22-14(19-20-16(22)26)8-9-18-15(23)11-21(2)27(24,25)13-6-4-12(10-17)5-7-13/h4-7H,3,8-9,11H2,1-2H3,(H,18,23)(H,20,26). The summed E-state index contributed by atoms with van der Waals surface area (Å²) in [7, 11) is -2.49. The van der Waals surface area contributed by atoms with Gasteiger partial charge in [-0.1, -0.05) is 0 Å². The van der Waals surface area contributed by atoms with Gasteiger partial charge in [0.15, 0.2) is 4.77 Å². The van der Waals surface area contributed by atoms with E-state index in [1.54, 1.807) is 0 Å². The van der Waals surface area contributed by atoms with Crippen molar-refractivity contribution in [3.8, 4) is 6.07 Å². The van der Waals surface area contributed by atoms with E-state index in [9.17, 15) is 13.2 Å². The van der Waals surface area contributed by atoms with Crippen LogP contribution in [0.15, 0.2) is 29.2 Å². The van der Waals surface area contributed by atoms with Crippen LogP contribution in [0.5, 0.6) is 0 Å². The molecule has 2 rings (SSSR count). The summed E-state index contributed by atoms with van der Waals surface area (Å²) >= 11 is 5.10. The molecule has 27 heavy (non-hydrogen) atoms. The fourth-order valence-corrected chi connectivity index (χ4v) is 3.81. The summed E-state index contributed by atoms with van der Waals surface area (Å²) in [6.07, 6.45) is 0.471. The molecule has 0 saturated heterocycles. The number of carbonyl (C=O) groups excluding carboxylic acids is 1. The fraction of sp³-hybridized carbons (Fsp3) is 0.375. The molecule has 1 amide bonds. The lowest BCUT2D eigenvalue weighted by Gasteiger charge is -2.17. The predicted octanol–water partition coefficient (Wildman–Crippen LogP) is 0.812. The van der Waals surface area contributed by atoms with Gasteiger partial charge in [-0.25, -0.2) is 8.42 Å². The first-order chi connectivity index (χ1) is 12.8. The van der Waals surface area contributed by atoms with Gasteiger partial charge in [0.1, 0.15) is 5.82 Å². The molecule has 0 unspecified atom stereocenters. The second-order valence-electron chi connectivity index (χ2n) is 5.69. The zero-order chi connectivity index (χ0) is 20.0. The first kappa shape index (κ1) is 20.8. The maximum atomic E-state index is 12.5. The van der Waals surface area contributed by atoms with E-state index in [-0.39, 0.29) is 11.4 Å². The van der Waals surface area contributed by atoms with Crippen molar-refractivity contribution in [2.24, 2.45) is 0 Å². The van der Waals surface area contributed by atoms with Gasteiger partial charge in [0.2, 0.25) is 15.9 Å². The lowest BCUT2D eigenvalue weighted by atomic mass is 10.2. The Hall–Kier alpha value is -2.55. The summed E-state index contributed by atoms with van der Waals surface area (Å²) in [5, 5.41) is 18.3. The number of likely N-dealkylation sites (N-methyl/N-ethyl adjacent to an activating group) is 1. The highest BCUT2D eigenvalue weighted by molar-refractivity contribution is 7.89. The molecule has 2 N–H and O–H groups in total. The second kappa shape index (κ2) is 8.90. The summed E-state index contributed by atoms with van der Waals surface area (Å²) in [6.45, 7) is 2.60. The Morgan fingerprint density at radius 3 is 2.67 bits per heavy atom. The van der Waals surface area contributed by atoms with E-state index >= 15 is 0 Å². The molecule has 0 aliphatic carbocycles. The fourth-order valence-electron chi connectivity index (χ4n) is 2.41. The lowest BCUT2D eigenvalue weighted by Crippen LogP contribution is -2.39. The number of sulfonamides is 1. The molecule has 11 heteroatoms. The van der Waals surface area contributed by atoms with E-state index < -0.39 is 15.9 Å². The van der Waals surface area contributed by atoms with Crippen molar-refractivity contribution in [3.63, 3.8) is 0 Å². The van der Waals surface area contributed by atoms with Crippen LogP contribution in [-0.2, 0) is 27.8 Å². The minimum absolute atomic E-state index is 0.0234.